The Balaban J connectivity index is -0.000000597. The molecule has 196 valence electrons. The lowest BCUT2D eigenvalue weighted by Crippen LogP contribution is -3.00. The summed E-state index contributed by atoms with van der Waals surface area (Å²) < 4.78 is 0.662. The molecule has 0 saturated carbocycles. The molecule has 3 N–H and O–H groups in total. The SMILES string of the molecule is CC(O)C[N+](C)(C)CC(C)O.CCCCCCCCCCCCCCCCCC(=O)O.[Cl-]. The van der Waals surface area contributed by atoms with E-state index < -0.39 is 5.97 Å². The quantitative estimate of drug-likeness (QED) is 0.184. The highest BCUT2D eigenvalue weighted by Crippen LogP contribution is 2.13. The number of aliphatic hydroxyl groups is 2. The Morgan fingerprint density at radius 1 is 0.656 bits per heavy atom. The summed E-state index contributed by atoms with van der Waals surface area (Å²) in [5, 5.41) is 26.7. The summed E-state index contributed by atoms with van der Waals surface area (Å²) in [6, 6.07) is 0. The molecule has 2 atom stereocenters. The third-order valence-corrected chi connectivity index (χ3v) is 5.51. The molecule has 0 rings (SSSR count). The minimum absolute atomic E-state index is 0. The van der Waals surface area contributed by atoms with Gasteiger partial charge in [0, 0.05) is 6.42 Å². The van der Waals surface area contributed by atoms with Crippen LogP contribution in [0.4, 0.5) is 0 Å². The highest BCUT2D eigenvalue weighted by molar-refractivity contribution is 5.66. The van der Waals surface area contributed by atoms with Crippen LogP contribution in [0.15, 0.2) is 0 Å². The van der Waals surface area contributed by atoms with Crippen molar-refractivity contribution in [2.24, 2.45) is 0 Å². The lowest BCUT2D eigenvalue weighted by molar-refractivity contribution is -0.895. The van der Waals surface area contributed by atoms with Gasteiger partial charge >= 0.3 is 5.97 Å². The van der Waals surface area contributed by atoms with E-state index in [4.69, 9.17) is 15.3 Å². The van der Waals surface area contributed by atoms with Crippen LogP contribution in [-0.4, -0.2) is 65.2 Å². The van der Waals surface area contributed by atoms with E-state index in [2.05, 4.69) is 6.92 Å². The number of halogens is 1. The van der Waals surface area contributed by atoms with E-state index in [1.807, 2.05) is 14.1 Å². The Hall–Kier alpha value is -0.360. The molecule has 0 spiro atoms. The maximum atomic E-state index is 10.3. The molecular formula is C26H56ClNO4. The number of quaternary nitrogens is 1. The normalized spacial score (nSPS) is 13.0. The third-order valence-electron chi connectivity index (χ3n) is 5.51. The number of hydrogen-bond donors (Lipinski definition) is 3. The number of nitrogens with zero attached hydrogens (tertiary/aromatic N) is 1. The Morgan fingerprint density at radius 2 is 0.938 bits per heavy atom. The Labute approximate surface area is 206 Å². The minimum Gasteiger partial charge on any atom is -1.00 e. The van der Waals surface area contributed by atoms with Crippen molar-refractivity contribution >= 4 is 5.97 Å². The van der Waals surface area contributed by atoms with E-state index >= 15 is 0 Å². The summed E-state index contributed by atoms with van der Waals surface area (Å²) in [6.45, 7) is 7.17. The van der Waals surface area contributed by atoms with Crippen LogP contribution in [0.25, 0.3) is 0 Å². The van der Waals surface area contributed by atoms with Gasteiger partial charge in [0.1, 0.15) is 25.3 Å². The number of rotatable bonds is 20. The fraction of sp³-hybridized carbons (Fsp3) is 0.962. The summed E-state index contributed by atoms with van der Waals surface area (Å²) in [4.78, 5) is 10.3. The van der Waals surface area contributed by atoms with Crippen LogP contribution < -0.4 is 12.4 Å². The Morgan fingerprint density at radius 3 is 1.19 bits per heavy atom. The van der Waals surface area contributed by atoms with Gasteiger partial charge in [-0.25, -0.2) is 0 Å². The van der Waals surface area contributed by atoms with Gasteiger partial charge in [-0.15, -0.1) is 0 Å². The van der Waals surface area contributed by atoms with Gasteiger partial charge in [-0.1, -0.05) is 96.8 Å². The summed E-state index contributed by atoms with van der Waals surface area (Å²) in [6.07, 6.45) is 19.6. The van der Waals surface area contributed by atoms with Gasteiger partial charge in [-0.2, -0.15) is 0 Å². The Bertz CT molecular complexity index is 378. The lowest BCUT2D eigenvalue weighted by Gasteiger charge is -2.31. The average molecular weight is 482 g/mol. The van der Waals surface area contributed by atoms with Crippen molar-refractivity contribution in [2.75, 3.05) is 27.2 Å². The van der Waals surface area contributed by atoms with Crippen LogP contribution in [0.3, 0.4) is 0 Å². The molecular weight excluding hydrogens is 426 g/mol. The van der Waals surface area contributed by atoms with Crippen molar-refractivity contribution in [2.45, 2.75) is 136 Å². The van der Waals surface area contributed by atoms with Crippen molar-refractivity contribution in [3.8, 4) is 0 Å². The molecule has 5 nitrogen and oxygen atoms in total. The van der Waals surface area contributed by atoms with E-state index in [1.165, 1.54) is 83.5 Å². The first-order valence-corrected chi connectivity index (χ1v) is 13.0. The van der Waals surface area contributed by atoms with Crippen LogP contribution in [-0.2, 0) is 4.79 Å². The number of unbranched alkanes of at least 4 members (excludes halogenated alkanes) is 14. The molecule has 0 aromatic heterocycles. The average Bonchev–Trinajstić information content (AvgIpc) is 2.63. The molecule has 0 aromatic carbocycles. The van der Waals surface area contributed by atoms with E-state index in [9.17, 15) is 4.79 Å². The highest BCUT2D eigenvalue weighted by Gasteiger charge is 2.19. The molecule has 32 heavy (non-hydrogen) atoms. The maximum Gasteiger partial charge on any atom is 0.303 e. The van der Waals surface area contributed by atoms with Crippen LogP contribution in [0.5, 0.6) is 0 Å². The van der Waals surface area contributed by atoms with Crippen molar-refractivity contribution < 1.29 is 37.0 Å². The number of carboxylic acid groups (broad SMARTS) is 1. The van der Waals surface area contributed by atoms with Gasteiger partial charge in [0.15, 0.2) is 0 Å². The van der Waals surface area contributed by atoms with E-state index in [-0.39, 0.29) is 24.6 Å². The van der Waals surface area contributed by atoms with E-state index in [1.54, 1.807) is 13.8 Å². The second-order valence-electron chi connectivity index (χ2n) is 10.1. The zero-order valence-electron chi connectivity index (χ0n) is 22.0. The van der Waals surface area contributed by atoms with Gasteiger partial charge in [-0.05, 0) is 20.3 Å². The van der Waals surface area contributed by atoms with Crippen LogP contribution >= 0.6 is 0 Å². The molecule has 0 bridgehead atoms. The van der Waals surface area contributed by atoms with Crippen molar-refractivity contribution in [1.82, 2.24) is 0 Å². The molecule has 0 radical (unpaired) electrons. The molecule has 2 unspecified atom stereocenters. The fourth-order valence-electron chi connectivity index (χ4n) is 4.15. The topological polar surface area (TPSA) is 77.8 Å². The van der Waals surface area contributed by atoms with Crippen molar-refractivity contribution in [1.29, 1.82) is 0 Å². The standard InChI is InChI=1S/C18H36O2.C8H20NO2.ClH/c1-2-3-4-5-6-7-8-9-10-11-12-13-14-15-16-17-18(19)20;1-7(10)5-9(3,4)6-8(2)11;/h2-17H2,1H3,(H,19,20);7-8,10-11H,5-6H2,1-4H3;1H/q;+1;/p-1. The minimum atomic E-state index is -0.653. The zero-order chi connectivity index (χ0) is 24.0. The number of carbonyl (C=O) groups is 1. The smallest absolute Gasteiger partial charge is 0.303 e. The van der Waals surface area contributed by atoms with Gasteiger partial charge in [-0.3, -0.25) is 4.79 Å². The van der Waals surface area contributed by atoms with Crippen molar-refractivity contribution in [3.05, 3.63) is 0 Å². The lowest BCUT2D eigenvalue weighted by atomic mass is 10.0. The molecule has 6 heteroatoms. The second kappa shape index (κ2) is 25.3. The van der Waals surface area contributed by atoms with Crippen LogP contribution in [0.1, 0.15) is 124 Å². The first-order valence-electron chi connectivity index (χ1n) is 13.0. The molecule has 0 saturated heterocycles. The van der Waals surface area contributed by atoms with Gasteiger partial charge < -0.3 is 32.2 Å². The molecule has 0 heterocycles. The van der Waals surface area contributed by atoms with Gasteiger partial charge in [0.05, 0.1) is 14.1 Å². The van der Waals surface area contributed by atoms with Gasteiger partial charge in [0.25, 0.3) is 0 Å². The predicted octanol–water partition coefficient (Wildman–Crippen LogP) is 3.16. The predicted molar refractivity (Wildman–Crippen MR) is 132 cm³/mol. The number of aliphatic hydroxyl groups excluding tert-OH is 2. The maximum absolute atomic E-state index is 10.3. The molecule has 0 aliphatic heterocycles. The summed E-state index contributed by atoms with van der Waals surface area (Å²) in [7, 11) is 4.00. The number of likely N-dealkylation sites (N-methyl/N-ethyl adjacent to an activating group) is 1. The molecule has 0 amide bonds. The summed E-state index contributed by atoms with van der Waals surface area (Å²) >= 11 is 0. The summed E-state index contributed by atoms with van der Waals surface area (Å²) in [5.74, 6) is -0.653. The molecule has 0 fully saturated rings. The Kier molecular flexibility index (Phi) is 28.6. The van der Waals surface area contributed by atoms with Gasteiger partial charge in [0.2, 0.25) is 0 Å². The van der Waals surface area contributed by atoms with E-state index in [0.29, 0.717) is 24.0 Å². The van der Waals surface area contributed by atoms with Crippen molar-refractivity contribution in [3.63, 3.8) is 0 Å². The molecule has 0 aromatic rings. The first kappa shape index (κ1) is 36.2. The van der Waals surface area contributed by atoms with Crippen LogP contribution in [0, 0.1) is 0 Å². The number of hydrogen-bond acceptors (Lipinski definition) is 3. The van der Waals surface area contributed by atoms with E-state index in [0.717, 1.165) is 12.8 Å². The highest BCUT2D eigenvalue weighted by atomic mass is 35.5. The molecule has 0 aliphatic rings. The third kappa shape index (κ3) is 34.3. The second-order valence-corrected chi connectivity index (χ2v) is 10.1. The molecule has 0 aliphatic carbocycles. The monoisotopic (exact) mass is 481 g/mol. The fourth-order valence-corrected chi connectivity index (χ4v) is 4.15. The first-order chi connectivity index (χ1) is 14.6. The summed E-state index contributed by atoms with van der Waals surface area (Å²) in [5.41, 5.74) is 0. The number of aliphatic carboxylic acids is 1. The van der Waals surface area contributed by atoms with Crippen LogP contribution in [0.2, 0.25) is 0 Å². The largest absolute Gasteiger partial charge is 1.00 e. The number of carboxylic acids is 1. The zero-order valence-corrected chi connectivity index (χ0v) is 22.7.